The number of rotatable bonds is 2. The number of nitrogens with zero attached hydrogens (tertiary/aromatic N) is 1. The van der Waals surface area contributed by atoms with Crippen LogP contribution in [0.4, 0.5) is 0 Å². The third kappa shape index (κ3) is 2.70. The van der Waals surface area contributed by atoms with E-state index < -0.39 is 5.91 Å². The fourth-order valence-corrected chi connectivity index (χ4v) is 5.91. The molecule has 1 amide bonds. The molecule has 132 valence electrons. The molecule has 24 heavy (non-hydrogen) atoms. The lowest BCUT2D eigenvalue weighted by Gasteiger charge is -2.56. The smallest absolute Gasteiger partial charge is 0.255 e. The van der Waals surface area contributed by atoms with Gasteiger partial charge in [0.05, 0.1) is 0 Å². The van der Waals surface area contributed by atoms with Crippen molar-refractivity contribution in [3.8, 4) is 0 Å². The van der Waals surface area contributed by atoms with E-state index in [1.165, 1.54) is 25.5 Å². The molecule has 0 saturated heterocycles. The van der Waals surface area contributed by atoms with E-state index in [1.807, 2.05) is 0 Å². The van der Waals surface area contributed by atoms with Gasteiger partial charge in [-0.3, -0.25) is 4.79 Å². The molecule has 0 spiro atoms. The van der Waals surface area contributed by atoms with E-state index in [0.29, 0.717) is 28.5 Å². The van der Waals surface area contributed by atoms with Crippen molar-refractivity contribution in [3.63, 3.8) is 0 Å². The monoisotopic (exact) mass is 330 g/mol. The van der Waals surface area contributed by atoms with E-state index in [4.69, 9.17) is 5.73 Å². The molecule has 1 aromatic heterocycles. The minimum Gasteiger partial charge on any atom is -0.618 e. The molecule has 1 heterocycles. The third-order valence-electron chi connectivity index (χ3n) is 6.93. The lowest BCUT2D eigenvalue weighted by Crippen LogP contribution is -2.49. The van der Waals surface area contributed by atoms with E-state index in [2.05, 4.69) is 27.7 Å². The van der Waals surface area contributed by atoms with Gasteiger partial charge in [-0.2, -0.15) is 4.73 Å². The highest BCUT2D eigenvalue weighted by Gasteiger charge is 2.53. The molecule has 2 aliphatic rings. The van der Waals surface area contributed by atoms with E-state index in [1.54, 1.807) is 12.1 Å². The van der Waals surface area contributed by atoms with Crippen molar-refractivity contribution in [1.29, 1.82) is 0 Å². The number of amides is 1. The molecule has 2 aliphatic carbocycles. The summed E-state index contributed by atoms with van der Waals surface area (Å²) in [6.07, 6.45) is 7.37. The summed E-state index contributed by atoms with van der Waals surface area (Å²) < 4.78 is 0.875. The van der Waals surface area contributed by atoms with Crippen LogP contribution in [0.3, 0.4) is 0 Å². The number of carbonyl (C=O) groups is 1. The minimum atomic E-state index is -0.501. The van der Waals surface area contributed by atoms with Gasteiger partial charge in [0.25, 0.3) is 5.91 Å². The van der Waals surface area contributed by atoms with Crippen LogP contribution in [0.15, 0.2) is 18.3 Å². The lowest BCUT2D eigenvalue weighted by atomic mass is 9.48. The normalized spacial score (nSPS) is 35.2. The van der Waals surface area contributed by atoms with Gasteiger partial charge in [-0.1, -0.05) is 34.1 Å². The molecule has 4 atom stereocenters. The molecule has 3 rings (SSSR count). The van der Waals surface area contributed by atoms with Crippen LogP contribution in [-0.2, 0) is 0 Å². The van der Waals surface area contributed by atoms with Gasteiger partial charge >= 0.3 is 0 Å². The van der Waals surface area contributed by atoms with Crippen LogP contribution >= 0.6 is 0 Å². The fraction of sp³-hybridized carbons (Fsp3) is 0.700. The van der Waals surface area contributed by atoms with Crippen LogP contribution in [0.1, 0.15) is 81.8 Å². The predicted molar refractivity (Wildman–Crippen MR) is 94.3 cm³/mol. The maximum atomic E-state index is 12.5. The topological polar surface area (TPSA) is 70.0 Å². The van der Waals surface area contributed by atoms with Crippen LogP contribution in [0, 0.1) is 27.9 Å². The summed E-state index contributed by atoms with van der Waals surface area (Å²) in [6.45, 7) is 9.39. The van der Waals surface area contributed by atoms with E-state index >= 15 is 0 Å². The number of pyridine rings is 1. The maximum Gasteiger partial charge on any atom is 0.255 e. The Balaban J connectivity index is 2.03. The Labute approximate surface area is 145 Å². The first-order valence-corrected chi connectivity index (χ1v) is 9.17. The number of nitrogens with two attached hydrogens (primary N) is 1. The lowest BCUT2D eigenvalue weighted by molar-refractivity contribution is -0.616. The second-order valence-electron chi connectivity index (χ2n) is 9.07. The van der Waals surface area contributed by atoms with Crippen molar-refractivity contribution in [2.75, 3.05) is 0 Å². The summed E-state index contributed by atoms with van der Waals surface area (Å²) in [5, 5.41) is 12.5. The average molecular weight is 330 g/mol. The highest BCUT2D eigenvalue weighted by Crippen LogP contribution is 2.61. The summed E-state index contributed by atoms with van der Waals surface area (Å²) in [5.74, 6) is 0.544. The molecule has 2 saturated carbocycles. The molecular weight excluding hydrogens is 300 g/mol. The molecule has 4 unspecified atom stereocenters. The molecule has 0 bridgehead atoms. The predicted octanol–water partition coefficient (Wildman–Crippen LogP) is 3.77. The number of fused-ring (bicyclic) bond motifs is 1. The van der Waals surface area contributed by atoms with E-state index in [0.717, 1.165) is 17.6 Å². The molecule has 2 fully saturated rings. The highest BCUT2D eigenvalue weighted by atomic mass is 16.5. The number of aromatic nitrogens is 1. The largest absolute Gasteiger partial charge is 0.618 e. The average Bonchev–Trinajstić information content (AvgIpc) is 2.46. The van der Waals surface area contributed by atoms with Crippen LogP contribution in [-0.4, -0.2) is 5.91 Å². The van der Waals surface area contributed by atoms with Gasteiger partial charge in [0.15, 0.2) is 6.20 Å². The van der Waals surface area contributed by atoms with Crippen molar-refractivity contribution in [2.45, 2.75) is 65.7 Å². The Kier molecular flexibility index (Phi) is 4.13. The van der Waals surface area contributed by atoms with Crippen molar-refractivity contribution < 1.29 is 9.52 Å². The third-order valence-corrected chi connectivity index (χ3v) is 6.93. The Hall–Kier alpha value is -1.58. The van der Waals surface area contributed by atoms with Gasteiger partial charge in [0.2, 0.25) is 5.69 Å². The summed E-state index contributed by atoms with van der Waals surface area (Å²) in [4.78, 5) is 11.9. The Morgan fingerprint density at radius 3 is 2.71 bits per heavy atom. The minimum absolute atomic E-state index is 0.0987. The standard InChI is InChI=1S/C20H30N2O2/c1-13-12-20(4)9-6-8-19(2,3)16(20)11-15(13)17-14(18(21)23)7-5-10-22(17)24/h5,7,10,13,15-16H,6,8-9,11-12H2,1-4H3,(H2,21,23). The molecule has 4 nitrogen and oxygen atoms in total. The molecule has 4 heteroatoms. The zero-order valence-corrected chi connectivity index (χ0v) is 15.3. The number of primary amides is 1. The molecule has 0 aliphatic heterocycles. The number of hydrogen-bond donors (Lipinski definition) is 1. The first-order valence-electron chi connectivity index (χ1n) is 9.17. The van der Waals surface area contributed by atoms with Crippen LogP contribution in [0.25, 0.3) is 0 Å². The second-order valence-corrected chi connectivity index (χ2v) is 9.07. The SMILES string of the molecule is CC1CC2(C)CCCC(C)(C)C2CC1c1c(C(N)=O)ccc[n+]1[O-]. The quantitative estimate of drug-likeness (QED) is 0.662. The fourth-order valence-electron chi connectivity index (χ4n) is 5.91. The zero-order valence-electron chi connectivity index (χ0n) is 15.3. The Morgan fingerprint density at radius 1 is 1.33 bits per heavy atom. The van der Waals surface area contributed by atoms with Gasteiger partial charge in [0, 0.05) is 12.0 Å². The van der Waals surface area contributed by atoms with Crippen LogP contribution in [0.5, 0.6) is 0 Å². The Morgan fingerprint density at radius 2 is 2.04 bits per heavy atom. The first kappa shape index (κ1) is 17.2. The molecule has 0 radical (unpaired) electrons. The number of carbonyl (C=O) groups excluding carboxylic acids is 1. The Bertz CT molecular complexity index is 655. The summed E-state index contributed by atoms with van der Waals surface area (Å²) in [5.41, 5.74) is 7.15. The second kappa shape index (κ2) is 5.75. The van der Waals surface area contributed by atoms with Gasteiger partial charge < -0.3 is 10.9 Å². The van der Waals surface area contributed by atoms with Crippen molar-refractivity contribution >= 4 is 5.91 Å². The first-order chi connectivity index (χ1) is 11.2. The van der Waals surface area contributed by atoms with Crippen molar-refractivity contribution in [1.82, 2.24) is 0 Å². The highest BCUT2D eigenvalue weighted by molar-refractivity contribution is 5.93. The van der Waals surface area contributed by atoms with Gasteiger partial charge in [-0.25, -0.2) is 0 Å². The summed E-state index contributed by atoms with van der Waals surface area (Å²) in [6, 6.07) is 3.30. The number of hydrogen-bond acceptors (Lipinski definition) is 2. The van der Waals surface area contributed by atoms with Crippen molar-refractivity contribution in [3.05, 3.63) is 34.8 Å². The summed E-state index contributed by atoms with van der Waals surface area (Å²) >= 11 is 0. The molecule has 1 aromatic rings. The van der Waals surface area contributed by atoms with Gasteiger partial charge in [-0.05, 0) is 54.4 Å². The molecule has 2 N–H and O–H groups in total. The molecule has 0 aromatic carbocycles. The summed E-state index contributed by atoms with van der Waals surface area (Å²) in [7, 11) is 0. The zero-order chi connectivity index (χ0) is 17.7. The van der Waals surface area contributed by atoms with Crippen LogP contribution < -0.4 is 10.5 Å². The van der Waals surface area contributed by atoms with Gasteiger partial charge in [0.1, 0.15) is 5.56 Å². The van der Waals surface area contributed by atoms with E-state index in [-0.39, 0.29) is 11.3 Å². The van der Waals surface area contributed by atoms with Crippen LogP contribution in [0.2, 0.25) is 0 Å². The maximum absolute atomic E-state index is 12.5. The van der Waals surface area contributed by atoms with Crippen molar-refractivity contribution in [2.24, 2.45) is 28.4 Å². The van der Waals surface area contributed by atoms with Gasteiger partial charge in [-0.15, -0.1) is 0 Å². The van der Waals surface area contributed by atoms with E-state index in [9.17, 15) is 10.0 Å². The molecular formula is C20H30N2O2.